The van der Waals surface area contributed by atoms with E-state index in [1.165, 1.54) is 6.26 Å². The first-order valence-corrected chi connectivity index (χ1v) is 8.54. The standard InChI is InChI=1S/C13H20BNO4S/c1-12(2)13(3,4)19-14(18-12)10-6-7-11(15-8-10)9-20(5,16)17/h6-8H,9H2,1-5H3. The molecule has 5 nitrogen and oxygen atoms in total. The fourth-order valence-electron chi connectivity index (χ4n) is 1.91. The Bertz CT molecular complexity index is 579. The molecular formula is C13H20BNO4S. The Balaban J connectivity index is 2.16. The summed E-state index contributed by atoms with van der Waals surface area (Å²) in [5.41, 5.74) is 0.514. The quantitative estimate of drug-likeness (QED) is 0.776. The second-order valence-corrected chi connectivity index (χ2v) is 8.38. The van der Waals surface area contributed by atoms with Gasteiger partial charge in [-0.05, 0) is 33.8 Å². The lowest BCUT2D eigenvalue weighted by atomic mass is 9.80. The van der Waals surface area contributed by atoms with E-state index in [1.807, 2.05) is 27.7 Å². The van der Waals surface area contributed by atoms with E-state index in [4.69, 9.17) is 9.31 Å². The molecule has 1 aromatic heterocycles. The third-order valence-corrected chi connectivity index (χ3v) is 4.60. The third-order valence-electron chi connectivity index (χ3n) is 3.78. The van der Waals surface area contributed by atoms with Crippen molar-refractivity contribution in [2.24, 2.45) is 0 Å². The van der Waals surface area contributed by atoms with E-state index in [9.17, 15) is 8.42 Å². The molecule has 2 heterocycles. The van der Waals surface area contributed by atoms with Gasteiger partial charge in [-0.2, -0.15) is 0 Å². The highest BCUT2D eigenvalue weighted by molar-refractivity contribution is 7.89. The van der Waals surface area contributed by atoms with Gasteiger partial charge < -0.3 is 9.31 Å². The van der Waals surface area contributed by atoms with Gasteiger partial charge in [0.25, 0.3) is 0 Å². The van der Waals surface area contributed by atoms with Crippen molar-refractivity contribution in [1.82, 2.24) is 4.98 Å². The molecule has 1 aromatic rings. The molecule has 1 aliphatic rings. The summed E-state index contributed by atoms with van der Waals surface area (Å²) in [6, 6.07) is 3.50. The summed E-state index contributed by atoms with van der Waals surface area (Å²) in [6.07, 6.45) is 2.81. The van der Waals surface area contributed by atoms with Gasteiger partial charge in [-0.1, -0.05) is 6.07 Å². The van der Waals surface area contributed by atoms with Gasteiger partial charge in [0.05, 0.1) is 22.6 Å². The Hall–Kier alpha value is -0.915. The highest BCUT2D eigenvalue weighted by Crippen LogP contribution is 2.36. The lowest BCUT2D eigenvalue weighted by Crippen LogP contribution is -2.41. The molecule has 1 saturated heterocycles. The lowest BCUT2D eigenvalue weighted by molar-refractivity contribution is 0.00578. The number of hydrogen-bond acceptors (Lipinski definition) is 5. The Labute approximate surface area is 120 Å². The summed E-state index contributed by atoms with van der Waals surface area (Å²) in [5, 5.41) is 0. The van der Waals surface area contributed by atoms with Crippen molar-refractivity contribution in [2.45, 2.75) is 44.6 Å². The molecule has 0 unspecified atom stereocenters. The Kier molecular flexibility index (Phi) is 3.73. The molecule has 0 atom stereocenters. The predicted octanol–water partition coefficient (Wildman–Crippen LogP) is 0.925. The minimum absolute atomic E-state index is 0.0589. The first-order valence-electron chi connectivity index (χ1n) is 6.48. The van der Waals surface area contributed by atoms with E-state index < -0.39 is 28.2 Å². The maximum Gasteiger partial charge on any atom is 0.496 e. The van der Waals surface area contributed by atoms with Gasteiger partial charge >= 0.3 is 7.12 Å². The zero-order valence-corrected chi connectivity index (χ0v) is 13.3. The Morgan fingerprint density at radius 2 is 1.70 bits per heavy atom. The summed E-state index contributed by atoms with van der Waals surface area (Å²) in [7, 11) is -3.54. The molecule has 2 rings (SSSR count). The van der Waals surface area contributed by atoms with E-state index in [1.54, 1.807) is 18.3 Å². The highest BCUT2D eigenvalue weighted by atomic mass is 32.2. The number of hydrogen-bond donors (Lipinski definition) is 0. The van der Waals surface area contributed by atoms with Crippen LogP contribution in [0.4, 0.5) is 0 Å². The minimum Gasteiger partial charge on any atom is -0.399 e. The van der Waals surface area contributed by atoms with E-state index in [2.05, 4.69) is 4.98 Å². The van der Waals surface area contributed by atoms with Gasteiger partial charge in [0.1, 0.15) is 0 Å². The van der Waals surface area contributed by atoms with Crippen molar-refractivity contribution < 1.29 is 17.7 Å². The molecule has 0 aromatic carbocycles. The predicted molar refractivity (Wildman–Crippen MR) is 78.5 cm³/mol. The molecule has 20 heavy (non-hydrogen) atoms. The van der Waals surface area contributed by atoms with Crippen LogP contribution in [-0.2, 0) is 24.9 Å². The molecule has 0 radical (unpaired) electrons. The normalized spacial score (nSPS) is 21.1. The van der Waals surface area contributed by atoms with Crippen molar-refractivity contribution in [3.8, 4) is 0 Å². The van der Waals surface area contributed by atoms with E-state index in [0.29, 0.717) is 5.69 Å². The average Bonchev–Trinajstić information content (AvgIpc) is 2.47. The first kappa shape index (κ1) is 15.5. The number of pyridine rings is 1. The number of rotatable bonds is 3. The van der Waals surface area contributed by atoms with E-state index >= 15 is 0 Å². The maximum atomic E-state index is 11.2. The summed E-state index contributed by atoms with van der Waals surface area (Å²) in [6.45, 7) is 7.94. The molecule has 0 N–H and O–H groups in total. The largest absolute Gasteiger partial charge is 0.496 e. The Morgan fingerprint density at radius 3 is 2.10 bits per heavy atom. The van der Waals surface area contributed by atoms with E-state index in [0.717, 1.165) is 5.46 Å². The van der Waals surface area contributed by atoms with Crippen molar-refractivity contribution in [1.29, 1.82) is 0 Å². The molecule has 7 heteroatoms. The van der Waals surface area contributed by atoms with Crippen LogP contribution in [0.1, 0.15) is 33.4 Å². The SMILES string of the molecule is CC1(C)OB(c2ccc(CS(C)(=O)=O)nc2)OC1(C)C. The molecule has 1 fully saturated rings. The van der Waals surface area contributed by atoms with Crippen LogP contribution >= 0.6 is 0 Å². The fraction of sp³-hybridized carbons (Fsp3) is 0.615. The molecule has 1 aliphatic heterocycles. The number of aromatic nitrogens is 1. The van der Waals surface area contributed by atoms with Crippen LogP contribution in [0.3, 0.4) is 0 Å². The average molecular weight is 297 g/mol. The molecule has 0 amide bonds. The number of nitrogens with zero attached hydrogens (tertiary/aromatic N) is 1. The van der Waals surface area contributed by atoms with Crippen LogP contribution in [0.2, 0.25) is 0 Å². The van der Waals surface area contributed by atoms with Crippen molar-refractivity contribution in [3.63, 3.8) is 0 Å². The lowest BCUT2D eigenvalue weighted by Gasteiger charge is -2.32. The third kappa shape index (κ3) is 3.21. The van der Waals surface area contributed by atoms with Crippen LogP contribution in [0.25, 0.3) is 0 Å². The van der Waals surface area contributed by atoms with Crippen molar-refractivity contribution in [2.75, 3.05) is 6.26 Å². The molecule has 0 bridgehead atoms. The topological polar surface area (TPSA) is 65.5 Å². The summed E-state index contributed by atoms with van der Waals surface area (Å²) >= 11 is 0. The first-order chi connectivity index (χ1) is 9.00. The zero-order valence-electron chi connectivity index (χ0n) is 12.5. The molecule has 0 aliphatic carbocycles. The second kappa shape index (κ2) is 4.82. The van der Waals surface area contributed by atoms with Gasteiger partial charge in [-0.15, -0.1) is 0 Å². The molecule has 0 spiro atoms. The molecular weight excluding hydrogens is 277 g/mol. The summed E-state index contributed by atoms with van der Waals surface area (Å²) < 4.78 is 34.3. The van der Waals surface area contributed by atoms with Crippen LogP contribution in [0.5, 0.6) is 0 Å². The van der Waals surface area contributed by atoms with Crippen molar-refractivity contribution in [3.05, 3.63) is 24.0 Å². The summed E-state index contributed by atoms with van der Waals surface area (Å²) in [5.74, 6) is -0.0589. The monoisotopic (exact) mass is 297 g/mol. The van der Waals surface area contributed by atoms with Crippen LogP contribution in [0, 0.1) is 0 Å². The van der Waals surface area contributed by atoms with Crippen molar-refractivity contribution >= 4 is 22.4 Å². The van der Waals surface area contributed by atoms with Gasteiger partial charge in [-0.25, -0.2) is 8.42 Å². The smallest absolute Gasteiger partial charge is 0.399 e. The fourth-order valence-corrected chi connectivity index (χ4v) is 2.62. The zero-order chi connectivity index (χ0) is 15.2. The minimum atomic E-state index is -3.07. The summed E-state index contributed by atoms with van der Waals surface area (Å²) in [4.78, 5) is 4.16. The van der Waals surface area contributed by atoms with Crippen LogP contribution in [-0.4, -0.2) is 38.0 Å². The maximum absolute atomic E-state index is 11.2. The Morgan fingerprint density at radius 1 is 1.15 bits per heavy atom. The van der Waals surface area contributed by atoms with Gasteiger partial charge in [-0.3, -0.25) is 4.98 Å². The van der Waals surface area contributed by atoms with E-state index in [-0.39, 0.29) is 5.75 Å². The second-order valence-electron chi connectivity index (χ2n) is 6.24. The van der Waals surface area contributed by atoms with Gasteiger partial charge in [0.2, 0.25) is 0 Å². The van der Waals surface area contributed by atoms with Gasteiger partial charge in [0, 0.05) is 17.9 Å². The van der Waals surface area contributed by atoms with Crippen LogP contribution < -0.4 is 5.46 Å². The molecule has 0 saturated carbocycles. The van der Waals surface area contributed by atoms with Gasteiger partial charge in [0.15, 0.2) is 9.84 Å². The molecule has 110 valence electrons. The number of sulfone groups is 1. The highest BCUT2D eigenvalue weighted by Gasteiger charge is 2.51. The van der Waals surface area contributed by atoms with Crippen LogP contribution in [0.15, 0.2) is 18.3 Å².